The molecule has 3 N–H and O–H groups in total. The number of aliphatic hydroxyl groups is 1. The molecule has 2 aromatic rings. The molecule has 7 rings (SSSR count). The van der Waals surface area contributed by atoms with E-state index in [9.17, 15) is 22.7 Å². The molecule has 1 aliphatic heterocycles. The Morgan fingerprint density at radius 3 is 1.67 bits per heavy atom. The standard InChI is InChI=1S/C23H31ClF2O.C22H32ClF2NO/c1-13-8-9-22(12-27-11-17(22)14(13)2)15-6-7-16(18(24)10-15)19-20(21(3,4)5)23(19,25)26;1-12-8-9-21(26,16(11-27)13(12)2)14-6-7-15(17(23)10-14)18-19(20(3,4)5)22(18,24)25/h6-7,10,13-14,17,19-20H,8-9,11-12H2,1-5H3;6-7,10,12-13,16,18-19,27H,8-9,11,26H2,1-5H3/t13-,14+,17?,19?,20?,22?;12-,13+,16?,18?,19?,21?/m00/s1. The number of halogens is 6. The van der Waals surface area contributed by atoms with Crippen molar-refractivity contribution in [3.05, 3.63) is 68.7 Å². The van der Waals surface area contributed by atoms with Gasteiger partial charge in [-0.2, -0.15) is 0 Å². The van der Waals surface area contributed by atoms with Crippen molar-refractivity contribution >= 4 is 23.2 Å². The lowest BCUT2D eigenvalue weighted by molar-refractivity contribution is 0.0333. The lowest BCUT2D eigenvalue weighted by Crippen LogP contribution is -2.52. The zero-order valence-corrected chi connectivity index (χ0v) is 35.4. The molecule has 5 aliphatic rings. The second kappa shape index (κ2) is 14.2. The van der Waals surface area contributed by atoms with Gasteiger partial charge in [-0.1, -0.05) is 117 Å². The summed E-state index contributed by atoms with van der Waals surface area (Å²) in [4.78, 5) is 0. The average molecular weight is 797 g/mol. The van der Waals surface area contributed by atoms with E-state index in [1.54, 1.807) is 12.1 Å². The van der Waals surface area contributed by atoms with Crippen molar-refractivity contribution in [2.75, 3.05) is 19.8 Å². The maximum absolute atomic E-state index is 14.5. The Kier molecular flexibility index (Phi) is 11.1. The van der Waals surface area contributed by atoms with Crippen molar-refractivity contribution in [1.29, 1.82) is 0 Å². The molecule has 0 radical (unpaired) electrons. The van der Waals surface area contributed by atoms with Crippen LogP contribution < -0.4 is 5.73 Å². The fourth-order valence-corrected chi connectivity index (χ4v) is 11.9. The molecule has 3 nitrogen and oxygen atoms in total. The number of aliphatic hydroxyl groups excluding tert-OH is 1. The number of benzene rings is 2. The molecule has 1 saturated heterocycles. The molecule has 0 spiro atoms. The number of hydrogen-bond acceptors (Lipinski definition) is 3. The van der Waals surface area contributed by atoms with Gasteiger partial charge in [0.2, 0.25) is 0 Å². The minimum Gasteiger partial charge on any atom is -0.396 e. The van der Waals surface area contributed by atoms with Gasteiger partial charge in [-0.3, -0.25) is 0 Å². The van der Waals surface area contributed by atoms with Crippen LogP contribution in [-0.2, 0) is 15.7 Å². The van der Waals surface area contributed by atoms with Crippen LogP contribution in [0.25, 0.3) is 0 Å². The van der Waals surface area contributed by atoms with E-state index in [0.29, 0.717) is 51.5 Å². The normalized spacial score (nSPS) is 39.7. The first-order chi connectivity index (χ1) is 24.9. The number of alkyl halides is 4. The third-order valence-corrected chi connectivity index (χ3v) is 15.8. The SMILES string of the molecule is C[C@H]1CCC(N)(c2ccc(C3C(C(C)(C)C)C3(F)F)c(Cl)c2)C(CO)[C@@H]1C.C[C@H]1CCC2(c3ccc(C4C(C(C)(C)C)C4(F)F)c(Cl)c3)COCC2[C@@H]1C. The maximum atomic E-state index is 14.5. The summed E-state index contributed by atoms with van der Waals surface area (Å²) >= 11 is 13.1. The molecule has 302 valence electrons. The van der Waals surface area contributed by atoms with Gasteiger partial charge in [0.05, 0.1) is 25.0 Å². The Morgan fingerprint density at radius 1 is 0.741 bits per heavy atom. The van der Waals surface area contributed by atoms with Crippen LogP contribution in [0.15, 0.2) is 36.4 Å². The van der Waals surface area contributed by atoms with Gasteiger partial charge in [-0.05, 0) is 100 Å². The van der Waals surface area contributed by atoms with Crippen molar-refractivity contribution in [3.63, 3.8) is 0 Å². The number of ether oxygens (including phenoxy) is 1. The second-order valence-electron chi connectivity index (χ2n) is 20.3. The zero-order chi connectivity index (χ0) is 40.1. The van der Waals surface area contributed by atoms with Crippen LogP contribution in [0.2, 0.25) is 10.0 Å². The summed E-state index contributed by atoms with van der Waals surface area (Å²) in [6.07, 6.45) is 3.99. The largest absolute Gasteiger partial charge is 0.396 e. The Balaban J connectivity index is 0.000000184. The fraction of sp³-hybridized carbons (Fsp3) is 0.733. The lowest BCUT2D eigenvalue weighted by Gasteiger charge is -2.47. The molecule has 2 aromatic carbocycles. The van der Waals surface area contributed by atoms with Crippen molar-refractivity contribution in [2.45, 2.75) is 130 Å². The van der Waals surface area contributed by atoms with Crippen LogP contribution in [-0.4, -0.2) is 36.8 Å². The van der Waals surface area contributed by atoms with E-state index >= 15 is 0 Å². The summed E-state index contributed by atoms with van der Waals surface area (Å²) < 4.78 is 63.8. The van der Waals surface area contributed by atoms with Crippen LogP contribution >= 0.6 is 23.2 Å². The van der Waals surface area contributed by atoms with Gasteiger partial charge in [0.25, 0.3) is 11.8 Å². The summed E-state index contributed by atoms with van der Waals surface area (Å²) in [5, 5.41) is 10.8. The Morgan fingerprint density at radius 2 is 1.20 bits per heavy atom. The minimum atomic E-state index is -2.73. The van der Waals surface area contributed by atoms with E-state index in [0.717, 1.165) is 31.4 Å². The molecule has 8 unspecified atom stereocenters. The highest BCUT2D eigenvalue weighted by Gasteiger charge is 2.73. The molecule has 12 atom stereocenters. The third-order valence-electron chi connectivity index (χ3n) is 15.1. The van der Waals surface area contributed by atoms with Crippen LogP contribution in [0, 0.1) is 58.2 Å². The zero-order valence-electron chi connectivity index (χ0n) is 33.9. The van der Waals surface area contributed by atoms with E-state index in [4.69, 9.17) is 33.7 Å². The van der Waals surface area contributed by atoms with Gasteiger partial charge < -0.3 is 15.6 Å². The predicted molar refractivity (Wildman–Crippen MR) is 212 cm³/mol. The first-order valence-electron chi connectivity index (χ1n) is 20.2. The van der Waals surface area contributed by atoms with Crippen molar-refractivity contribution < 1.29 is 27.4 Å². The summed E-state index contributed by atoms with van der Waals surface area (Å²) in [5.41, 5.74) is 8.29. The smallest absolute Gasteiger partial charge is 0.259 e. The number of rotatable bonds is 5. The van der Waals surface area contributed by atoms with Gasteiger partial charge in [-0.15, -0.1) is 0 Å². The van der Waals surface area contributed by atoms with Gasteiger partial charge in [0, 0.05) is 45.4 Å². The van der Waals surface area contributed by atoms with E-state index in [-0.39, 0.29) is 23.9 Å². The number of nitrogens with two attached hydrogens (primary N) is 1. The van der Waals surface area contributed by atoms with Crippen LogP contribution in [0.4, 0.5) is 17.6 Å². The summed E-state index contributed by atoms with van der Waals surface area (Å²) in [6, 6.07) is 11.2. The van der Waals surface area contributed by atoms with Gasteiger partial charge in [0.1, 0.15) is 0 Å². The van der Waals surface area contributed by atoms with E-state index in [1.165, 1.54) is 12.0 Å². The van der Waals surface area contributed by atoms with Crippen molar-refractivity contribution in [1.82, 2.24) is 0 Å². The molecule has 4 saturated carbocycles. The minimum absolute atomic E-state index is 0.00811. The highest BCUT2D eigenvalue weighted by Crippen LogP contribution is 2.70. The molecule has 5 fully saturated rings. The van der Waals surface area contributed by atoms with Crippen LogP contribution in [0.1, 0.15) is 129 Å². The molecule has 54 heavy (non-hydrogen) atoms. The molecular weight excluding hydrogens is 733 g/mol. The Labute approximate surface area is 331 Å². The fourth-order valence-electron chi connectivity index (χ4n) is 11.3. The van der Waals surface area contributed by atoms with Gasteiger partial charge in [0.15, 0.2) is 0 Å². The van der Waals surface area contributed by atoms with E-state index in [1.807, 2.05) is 59.7 Å². The summed E-state index contributed by atoms with van der Waals surface area (Å²) in [5.74, 6) is -5.90. The highest BCUT2D eigenvalue weighted by atomic mass is 35.5. The predicted octanol–water partition coefficient (Wildman–Crippen LogP) is 12.2. The maximum Gasteiger partial charge on any atom is 0.259 e. The van der Waals surface area contributed by atoms with Crippen LogP contribution in [0.5, 0.6) is 0 Å². The summed E-state index contributed by atoms with van der Waals surface area (Å²) in [7, 11) is 0. The molecule has 9 heteroatoms. The van der Waals surface area contributed by atoms with Gasteiger partial charge >= 0.3 is 0 Å². The lowest BCUT2D eigenvalue weighted by atomic mass is 9.58. The first kappa shape index (κ1) is 42.2. The van der Waals surface area contributed by atoms with E-state index < -0.39 is 51.9 Å². The Hall–Kier alpha value is -1.38. The molecule has 0 amide bonds. The molecule has 0 bridgehead atoms. The summed E-state index contributed by atoms with van der Waals surface area (Å²) in [6.45, 7) is 21.7. The van der Waals surface area contributed by atoms with Crippen LogP contribution in [0.3, 0.4) is 0 Å². The quantitative estimate of drug-likeness (QED) is 0.296. The van der Waals surface area contributed by atoms with Gasteiger partial charge in [-0.25, -0.2) is 17.6 Å². The molecule has 4 aliphatic carbocycles. The third kappa shape index (κ3) is 6.98. The molecule has 0 aromatic heterocycles. The van der Waals surface area contributed by atoms with Crippen molar-refractivity contribution in [3.8, 4) is 0 Å². The molecular formula is C45H63Cl2F4NO2. The number of hydrogen-bond donors (Lipinski definition) is 2. The average Bonchev–Trinajstić information content (AvgIpc) is 3.76. The van der Waals surface area contributed by atoms with E-state index in [2.05, 4.69) is 33.8 Å². The molecule has 1 heterocycles. The first-order valence-corrected chi connectivity index (χ1v) is 20.9. The number of fused-ring (bicyclic) bond motifs is 1. The second-order valence-corrected chi connectivity index (χ2v) is 21.1. The monoisotopic (exact) mass is 795 g/mol. The topological polar surface area (TPSA) is 55.5 Å². The van der Waals surface area contributed by atoms with Crippen molar-refractivity contribution in [2.24, 2.45) is 63.9 Å². The highest BCUT2D eigenvalue weighted by molar-refractivity contribution is 6.32. The Bertz CT molecular complexity index is 1700.